The fourth-order valence-electron chi connectivity index (χ4n) is 4.25. The van der Waals surface area contributed by atoms with E-state index in [1.54, 1.807) is 0 Å². The molecule has 1 aliphatic heterocycles. The number of hydrogen-bond acceptors (Lipinski definition) is 8. The van der Waals surface area contributed by atoms with E-state index in [9.17, 15) is 36.2 Å². The van der Waals surface area contributed by atoms with Gasteiger partial charge in [-0.3, -0.25) is 10.2 Å². The first-order chi connectivity index (χ1) is 18.9. The number of hydrogen-bond donors (Lipinski definition) is 4. The number of alkyl halides is 6. The first kappa shape index (κ1) is 24.9. The number of pyridine rings is 1. The minimum atomic E-state index is -5.13. The first-order valence-corrected chi connectivity index (χ1v) is 11.0. The maximum atomic E-state index is 14.3. The van der Waals surface area contributed by atoms with Gasteiger partial charge in [0.05, 0.1) is 64.7 Å². The molecule has 0 saturated heterocycles. The molecule has 0 fully saturated rings. The molecule has 6 rings (SSSR count). The van der Waals surface area contributed by atoms with Gasteiger partial charge in [-0.15, -0.1) is 4.80 Å². The van der Waals surface area contributed by atoms with E-state index in [1.165, 1.54) is 18.3 Å². The number of H-pyrrole nitrogens is 1. The van der Waals surface area contributed by atoms with E-state index >= 15 is 0 Å². The number of rotatable bonds is 4. The van der Waals surface area contributed by atoms with Crippen molar-refractivity contribution >= 4 is 34.4 Å². The van der Waals surface area contributed by atoms with Gasteiger partial charge in [-0.05, 0) is 18.2 Å². The van der Waals surface area contributed by atoms with Crippen molar-refractivity contribution in [1.29, 1.82) is 0 Å². The van der Waals surface area contributed by atoms with Crippen LogP contribution < -0.4 is 10.7 Å². The van der Waals surface area contributed by atoms with Crippen molar-refractivity contribution in [3.05, 3.63) is 65.4 Å². The number of aromatic hydroxyl groups is 1. The van der Waals surface area contributed by atoms with Crippen LogP contribution in [0.1, 0.15) is 27.2 Å². The number of aromatic nitrogens is 7. The highest BCUT2D eigenvalue weighted by molar-refractivity contribution is 6.12. The van der Waals surface area contributed by atoms with Crippen LogP contribution in [0.15, 0.2) is 48.1 Å². The fourth-order valence-corrected chi connectivity index (χ4v) is 4.25. The van der Waals surface area contributed by atoms with E-state index in [0.29, 0.717) is 32.6 Å². The molecule has 12 nitrogen and oxygen atoms in total. The molecule has 0 atom stereocenters. The van der Waals surface area contributed by atoms with Crippen molar-refractivity contribution in [3.63, 3.8) is 0 Å². The van der Waals surface area contributed by atoms with Gasteiger partial charge in [0.15, 0.2) is 17.4 Å². The van der Waals surface area contributed by atoms with Gasteiger partial charge in [-0.1, -0.05) is 0 Å². The molecule has 1 aromatic carbocycles. The number of nitrogens with one attached hydrogen (secondary N) is 3. The number of carbonyl (C=O) groups excluding carboxylic acids is 1. The summed E-state index contributed by atoms with van der Waals surface area (Å²) in [6.07, 6.45) is -5.10. The Balaban J connectivity index is 1.41. The monoisotopic (exact) mass is 562 g/mol. The molecule has 18 heteroatoms. The van der Waals surface area contributed by atoms with Crippen molar-refractivity contribution in [3.8, 4) is 17.4 Å². The second-order valence-corrected chi connectivity index (χ2v) is 8.32. The van der Waals surface area contributed by atoms with Gasteiger partial charge in [-0.2, -0.15) is 46.7 Å². The molecule has 0 bridgehead atoms. The van der Waals surface area contributed by atoms with Crippen LogP contribution in [-0.2, 0) is 12.4 Å². The molecule has 40 heavy (non-hydrogen) atoms. The number of anilines is 2. The Morgan fingerprint density at radius 1 is 1.00 bits per heavy atom. The summed E-state index contributed by atoms with van der Waals surface area (Å²) in [6, 6.07) is 3.16. The van der Waals surface area contributed by atoms with Gasteiger partial charge >= 0.3 is 12.4 Å². The largest absolute Gasteiger partial charge is 0.494 e. The minimum absolute atomic E-state index is 0.0638. The van der Waals surface area contributed by atoms with Crippen molar-refractivity contribution in [2.75, 3.05) is 10.7 Å². The summed E-state index contributed by atoms with van der Waals surface area (Å²) in [5.74, 6) is -2.34. The van der Waals surface area contributed by atoms with E-state index in [2.05, 4.69) is 35.8 Å². The first-order valence-electron chi connectivity index (χ1n) is 11.0. The average molecular weight is 562 g/mol. The summed E-state index contributed by atoms with van der Waals surface area (Å²) in [6.45, 7) is 0. The number of amides is 1. The summed E-state index contributed by atoms with van der Waals surface area (Å²) in [7, 11) is 0. The van der Waals surface area contributed by atoms with Crippen molar-refractivity contribution < 1.29 is 36.2 Å². The molecule has 0 saturated carbocycles. The summed E-state index contributed by atoms with van der Waals surface area (Å²) < 4.78 is 84.4. The number of benzene rings is 1. The van der Waals surface area contributed by atoms with Crippen LogP contribution in [0, 0.1) is 0 Å². The van der Waals surface area contributed by atoms with Gasteiger partial charge in [0, 0.05) is 5.39 Å². The molecule has 4 aromatic heterocycles. The van der Waals surface area contributed by atoms with Gasteiger partial charge < -0.3 is 15.4 Å². The topological polar surface area (TPSA) is 151 Å². The Morgan fingerprint density at radius 3 is 2.45 bits per heavy atom. The van der Waals surface area contributed by atoms with E-state index in [-0.39, 0.29) is 22.8 Å². The molecule has 5 heterocycles. The third-order valence-electron chi connectivity index (χ3n) is 5.88. The molecule has 5 aromatic rings. The van der Waals surface area contributed by atoms with Crippen LogP contribution in [-0.4, -0.2) is 52.0 Å². The van der Waals surface area contributed by atoms with Gasteiger partial charge in [0.1, 0.15) is 5.56 Å². The lowest BCUT2D eigenvalue weighted by Gasteiger charge is -2.17. The quantitative estimate of drug-likeness (QED) is 0.241. The number of hydrazone groups is 1. The van der Waals surface area contributed by atoms with Crippen LogP contribution >= 0.6 is 0 Å². The lowest BCUT2D eigenvalue weighted by Crippen LogP contribution is -2.22. The lowest BCUT2D eigenvalue weighted by atomic mass is 10.1. The molecule has 0 aliphatic carbocycles. The number of aromatic amines is 1. The van der Waals surface area contributed by atoms with Crippen molar-refractivity contribution in [1.82, 2.24) is 34.7 Å². The Bertz CT molecular complexity index is 1820. The zero-order chi connectivity index (χ0) is 28.4. The molecule has 4 N–H and O–H groups in total. The third kappa shape index (κ3) is 3.96. The zero-order valence-corrected chi connectivity index (χ0v) is 19.4. The maximum absolute atomic E-state index is 14.3. The second-order valence-electron chi connectivity index (χ2n) is 8.32. The maximum Gasteiger partial charge on any atom is 0.434 e. The molecule has 0 radical (unpaired) electrons. The lowest BCUT2D eigenvalue weighted by molar-refractivity contribution is -0.143. The minimum Gasteiger partial charge on any atom is -0.494 e. The number of carbonyl (C=O) groups is 1. The molecule has 0 spiro atoms. The molecule has 1 amide bonds. The Labute approximate surface area is 216 Å². The van der Waals surface area contributed by atoms with E-state index in [1.807, 2.05) is 5.32 Å². The molecule has 0 unspecified atom stereocenters. The highest BCUT2D eigenvalue weighted by atomic mass is 19.4. The zero-order valence-electron chi connectivity index (χ0n) is 19.4. The summed E-state index contributed by atoms with van der Waals surface area (Å²) >= 11 is 0. The Kier molecular flexibility index (Phi) is 5.32. The normalized spacial score (nSPS) is 13.1. The summed E-state index contributed by atoms with van der Waals surface area (Å²) in [4.78, 5) is 19.9. The smallest absolute Gasteiger partial charge is 0.434 e. The van der Waals surface area contributed by atoms with Crippen LogP contribution in [0.25, 0.3) is 22.4 Å². The van der Waals surface area contributed by atoms with Crippen molar-refractivity contribution in [2.45, 2.75) is 12.4 Å². The van der Waals surface area contributed by atoms with Gasteiger partial charge in [0.2, 0.25) is 0 Å². The average Bonchev–Trinajstić information content (AvgIpc) is 3.64. The highest BCUT2D eigenvalue weighted by Crippen LogP contribution is 2.41. The molecular formula is C22H12F6N10O2. The van der Waals surface area contributed by atoms with E-state index < -0.39 is 46.6 Å². The van der Waals surface area contributed by atoms with Crippen LogP contribution in [0.3, 0.4) is 0 Å². The van der Waals surface area contributed by atoms with Gasteiger partial charge in [-0.25, -0.2) is 9.67 Å². The Hall–Kier alpha value is -5.42. The predicted octanol–water partition coefficient (Wildman–Crippen LogP) is 4.08. The number of halogens is 6. The van der Waals surface area contributed by atoms with Crippen LogP contribution in [0.5, 0.6) is 5.88 Å². The standard InChI is InChI=1S/C22H12F6N10O2/c23-21(24,25)12-5-9(6-29-18(12)38-31-3-4-32-38)34-20(40)11-8-33-37(17(11)22(26,27)28)14-2-1-13-15-10(19(39)35-13)7-30-36-16(14)15/h1-8,35-36,39H,(H,34,40). The molecular weight excluding hydrogens is 550 g/mol. The fraction of sp³-hybridized carbons (Fsp3) is 0.0909. The predicted molar refractivity (Wildman–Crippen MR) is 125 cm³/mol. The summed E-state index contributed by atoms with van der Waals surface area (Å²) in [5, 5.41) is 27.2. The third-order valence-corrected chi connectivity index (χ3v) is 5.88. The van der Waals surface area contributed by atoms with Crippen LogP contribution in [0.4, 0.5) is 37.7 Å². The Morgan fingerprint density at radius 2 is 1.75 bits per heavy atom. The number of nitrogens with zero attached hydrogens (tertiary/aromatic N) is 7. The highest BCUT2D eigenvalue weighted by Gasteiger charge is 2.42. The molecule has 1 aliphatic rings. The van der Waals surface area contributed by atoms with E-state index in [4.69, 9.17) is 0 Å². The summed E-state index contributed by atoms with van der Waals surface area (Å²) in [5.41, 5.74) is -1.23. The molecule has 204 valence electrons. The second kappa shape index (κ2) is 8.55. The van der Waals surface area contributed by atoms with Crippen molar-refractivity contribution in [2.24, 2.45) is 5.10 Å². The van der Waals surface area contributed by atoms with Crippen LogP contribution in [0.2, 0.25) is 0 Å². The SMILES string of the molecule is O=C(Nc1cnc(-n2nccn2)c(C(F)(F)F)c1)c1cnn(-c2ccc3[nH]c(O)c4c3c2NN=C4)c1C(F)(F)F. The van der Waals surface area contributed by atoms with Gasteiger partial charge in [0.25, 0.3) is 5.91 Å². The van der Waals surface area contributed by atoms with E-state index in [0.717, 1.165) is 18.6 Å².